The molecule has 0 aliphatic rings. The van der Waals surface area contributed by atoms with E-state index in [4.69, 9.17) is 0 Å². The number of amides is 3. The number of hydrogen-bond acceptors (Lipinski definition) is 5. The third-order valence-corrected chi connectivity index (χ3v) is 4.26. The molecule has 3 rings (SSSR count). The Morgan fingerprint density at radius 2 is 1.86 bits per heavy atom. The first-order valence-corrected chi connectivity index (χ1v) is 9.12. The highest BCUT2D eigenvalue weighted by atomic mass is 16.2. The van der Waals surface area contributed by atoms with Crippen LogP contribution in [0.25, 0.3) is 21.9 Å². The van der Waals surface area contributed by atoms with E-state index in [1.165, 1.54) is 0 Å². The quantitative estimate of drug-likeness (QED) is 0.611. The maximum absolute atomic E-state index is 11.9. The van der Waals surface area contributed by atoms with Gasteiger partial charge < -0.3 is 10.6 Å². The van der Waals surface area contributed by atoms with Crippen LogP contribution in [0.15, 0.2) is 42.9 Å². The van der Waals surface area contributed by atoms with Crippen LogP contribution in [0, 0.1) is 0 Å². The average Bonchev–Trinajstić information content (AvgIpc) is 2.72. The molecule has 1 aromatic carbocycles. The zero-order valence-corrected chi connectivity index (χ0v) is 15.8. The molecule has 0 aliphatic heterocycles. The van der Waals surface area contributed by atoms with Gasteiger partial charge in [0.2, 0.25) is 5.91 Å². The molecule has 3 amide bonds. The van der Waals surface area contributed by atoms with Crippen molar-refractivity contribution in [2.24, 2.45) is 0 Å². The van der Waals surface area contributed by atoms with Crippen LogP contribution in [0.1, 0.15) is 25.8 Å². The largest absolute Gasteiger partial charge is 0.352 e. The molecule has 8 nitrogen and oxygen atoms in total. The van der Waals surface area contributed by atoms with Crippen LogP contribution in [0.3, 0.4) is 0 Å². The molecule has 144 valence electrons. The van der Waals surface area contributed by atoms with Crippen molar-refractivity contribution in [1.29, 1.82) is 0 Å². The zero-order valence-electron chi connectivity index (χ0n) is 15.8. The minimum atomic E-state index is -0.312. The van der Waals surface area contributed by atoms with E-state index in [9.17, 15) is 9.59 Å². The van der Waals surface area contributed by atoms with Crippen molar-refractivity contribution in [2.75, 3.05) is 11.9 Å². The number of benzene rings is 1. The minimum absolute atomic E-state index is 0.0157. The fraction of sp³-hybridized carbons (Fsp3) is 0.250. The summed E-state index contributed by atoms with van der Waals surface area (Å²) in [6.07, 6.45) is 5.45. The monoisotopic (exact) mass is 378 g/mol. The predicted octanol–water partition coefficient (Wildman–Crippen LogP) is 2.86. The van der Waals surface area contributed by atoms with Crippen molar-refractivity contribution >= 4 is 28.5 Å². The minimum Gasteiger partial charge on any atom is -0.352 e. The lowest BCUT2D eigenvalue weighted by Gasteiger charge is -2.13. The second-order valence-corrected chi connectivity index (χ2v) is 6.13. The maximum atomic E-state index is 11.9. The first-order chi connectivity index (χ1) is 13.6. The first-order valence-electron chi connectivity index (χ1n) is 9.12. The Balaban J connectivity index is 2.06. The molecule has 0 saturated heterocycles. The molecule has 0 spiro atoms. The SMILES string of the molecule is CCNC(=O)Nc1cc2c(-c3ccnnc3)ccc(CNC(=O)CC)c2cn1. The van der Waals surface area contributed by atoms with Gasteiger partial charge in [0.15, 0.2) is 0 Å². The summed E-state index contributed by atoms with van der Waals surface area (Å²) in [7, 11) is 0. The van der Waals surface area contributed by atoms with E-state index in [2.05, 4.69) is 31.1 Å². The molecule has 8 heteroatoms. The van der Waals surface area contributed by atoms with Gasteiger partial charge in [-0.15, -0.1) is 0 Å². The topological polar surface area (TPSA) is 109 Å². The van der Waals surface area contributed by atoms with Gasteiger partial charge in [-0.1, -0.05) is 19.1 Å². The number of nitrogens with one attached hydrogen (secondary N) is 3. The number of fused-ring (bicyclic) bond motifs is 1. The maximum Gasteiger partial charge on any atom is 0.320 e. The van der Waals surface area contributed by atoms with E-state index >= 15 is 0 Å². The summed E-state index contributed by atoms with van der Waals surface area (Å²) >= 11 is 0. The van der Waals surface area contributed by atoms with E-state index < -0.39 is 0 Å². The Morgan fingerprint density at radius 3 is 2.57 bits per heavy atom. The Hall–Kier alpha value is -3.55. The lowest BCUT2D eigenvalue weighted by Crippen LogP contribution is -2.28. The molecule has 0 atom stereocenters. The van der Waals surface area contributed by atoms with Crippen LogP contribution in [0.5, 0.6) is 0 Å². The van der Waals surface area contributed by atoms with E-state index in [0.717, 1.165) is 27.5 Å². The molecular formula is C20H22N6O2. The summed E-state index contributed by atoms with van der Waals surface area (Å²) in [6, 6.07) is 7.33. The second kappa shape index (κ2) is 8.90. The lowest BCUT2D eigenvalue weighted by molar-refractivity contribution is -0.120. The highest BCUT2D eigenvalue weighted by Gasteiger charge is 2.12. The molecule has 0 unspecified atom stereocenters. The van der Waals surface area contributed by atoms with Crippen molar-refractivity contribution in [1.82, 2.24) is 25.8 Å². The summed E-state index contributed by atoms with van der Waals surface area (Å²) in [5.41, 5.74) is 2.79. The molecule has 0 saturated carbocycles. The smallest absolute Gasteiger partial charge is 0.320 e. The van der Waals surface area contributed by atoms with Crippen molar-refractivity contribution in [3.63, 3.8) is 0 Å². The number of pyridine rings is 1. The number of carbonyl (C=O) groups excluding carboxylic acids is 2. The summed E-state index contributed by atoms with van der Waals surface area (Å²) in [4.78, 5) is 27.9. The van der Waals surface area contributed by atoms with Gasteiger partial charge in [-0.25, -0.2) is 9.78 Å². The summed E-state index contributed by atoms with van der Waals surface area (Å²) in [5.74, 6) is 0.425. The fourth-order valence-electron chi connectivity index (χ4n) is 2.86. The van der Waals surface area contributed by atoms with E-state index in [0.29, 0.717) is 25.3 Å². The van der Waals surface area contributed by atoms with Crippen LogP contribution >= 0.6 is 0 Å². The fourth-order valence-corrected chi connectivity index (χ4v) is 2.86. The predicted molar refractivity (Wildman–Crippen MR) is 108 cm³/mol. The van der Waals surface area contributed by atoms with Gasteiger partial charge in [-0.2, -0.15) is 10.2 Å². The highest BCUT2D eigenvalue weighted by Crippen LogP contribution is 2.31. The van der Waals surface area contributed by atoms with Crippen molar-refractivity contribution in [3.8, 4) is 11.1 Å². The third-order valence-electron chi connectivity index (χ3n) is 4.26. The number of carbonyl (C=O) groups is 2. The van der Waals surface area contributed by atoms with E-state index in [1.54, 1.807) is 18.6 Å². The molecule has 0 bridgehead atoms. The Kier molecular flexibility index (Phi) is 6.11. The van der Waals surface area contributed by atoms with Gasteiger partial charge in [0.1, 0.15) is 5.82 Å². The van der Waals surface area contributed by atoms with Crippen LogP contribution in [0.4, 0.5) is 10.6 Å². The van der Waals surface area contributed by atoms with Crippen LogP contribution in [0.2, 0.25) is 0 Å². The van der Waals surface area contributed by atoms with Crippen LogP contribution < -0.4 is 16.0 Å². The highest BCUT2D eigenvalue weighted by molar-refractivity contribution is 6.00. The molecule has 0 radical (unpaired) electrons. The average molecular weight is 378 g/mol. The Bertz CT molecular complexity index is 991. The molecule has 0 aliphatic carbocycles. The molecular weight excluding hydrogens is 356 g/mol. The summed E-state index contributed by atoms with van der Waals surface area (Å²) < 4.78 is 0. The van der Waals surface area contributed by atoms with Crippen molar-refractivity contribution in [2.45, 2.75) is 26.8 Å². The van der Waals surface area contributed by atoms with Gasteiger partial charge >= 0.3 is 6.03 Å². The van der Waals surface area contributed by atoms with Gasteiger partial charge in [-0.3, -0.25) is 10.1 Å². The first kappa shape index (κ1) is 19.2. The van der Waals surface area contributed by atoms with Crippen LogP contribution in [-0.2, 0) is 11.3 Å². The zero-order chi connectivity index (χ0) is 19.9. The summed E-state index contributed by atoms with van der Waals surface area (Å²) in [6.45, 7) is 4.59. The molecule has 2 heterocycles. The number of rotatable bonds is 6. The molecule has 0 fully saturated rings. The van der Waals surface area contributed by atoms with Crippen molar-refractivity contribution in [3.05, 3.63) is 48.4 Å². The molecule has 2 aromatic heterocycles. The second-order valence-electron chi connectivity index (χ2n) is 6.13. The number of anilines is 1. The Morgan fingerprint density at radius 1 is 1.00 bits per heavy atom. The van der Waals surface area contributed by atoms with E-state index in [1.807, 2.05) is 38.1 Å². The third kappa shape index (κ3) is 4.40. The number of urea groups is 1. The van der Waals surface area contributed by atoms with Gasteiger partial charge in [0.05, 0.1) is 12.4 Å². The molecule has 3 N–H and O–H groups in total. The van der Waals surface area contributed by atoms with Gasteiger partial charge in [0, 0.05) is 36.7 Å². The van der Waals surface area contributed by atoms with Gasteiger partial charge in [0.25, 0.3) is 0 Å². The number of nitrogens with zero attached hydrogens (tertiary/aromatic N) is 3. The number of hydrogen-bond donors (Lipinski definition) is 3. The lowest BCUT2D eigenvalue weighted by atomic mass is 9.97. The Labute approximate surface area is 162 Å². The van der Waals surface area contributed by atoms with Gasteiger partial charge in [-0.05, 0) is 35.6 Å². The molecule has 28 heavy (non-hydrogen) atoms. The number of aromatic nitrogens is 3. The molecule has 3 aromatic rings. The standard InChI is InChI=1S/C20H22N6O2/c1-3-19(27)23-10-13-5-6-15(14-7-8-24-25-11-14)16-9-18(22-12-17(13)16)26-20(28)21-4-2/h5-9,11-12H,3-4,10H2,1-2H3,(H,23,27)(H2,21,22,26,28). The van der Waals surface area contributed by atoms with Crippen LogP contribution in [-0.4, -0.2) is 33.7 Å². The summed E-state index contributed by atoms with van der Waals surface area (Å²) in [5, 5.41) is 17.9. The normalized spacial score (nSPS) is 10.5. The van der Waals surface area contributed by atoms with Crippen molar-refractivity contribution < 1.29 is 9.59 Å². The van der Waals surface area contributed by atoms with E-state index in [-0.39, 0.29) is 11.9 Å².